The lowest BCUT2D eigenvalue weighted by Gasteiger charge is -2.03. The summed E-state index contributed by atoms with van der Waals surface area (Å²) in [7, 11) is 1.29. The summed E-state index contributed by atoms with van der Waals surface area (Å²) >= 11 is 7.36. The van der Waals surface area contributed by atoms with Gasteiger partial charge in [0.05, 0.1) is 22.5 Å². The molecule has 0 atom stereocenters. The molecule has 0 radical (unpaired) electrons. The summed E-state index contributed by atoms with van der Waals surface area (Å²) in [5.74, 6) is 1.01. The first-order valence-corrected chi connectivity index (χ1v) is 7.55. The van der Waals surface area contributed by atoms with Crippen LogP contribution in [0.3, 0.4) is 0 Å². The van der Waals surface area contributed by atoms with Crippen LogP contribution in [0.5, 0.6) is 5.75 Å². The van der Waals surface area contributed by atoms with Gasteiger partial charge in [0.1, 0.15) is 12.4 Å². The van der Waals surface area contributed by atoms with Gasteiger partial charge in [0, 0.05) is 10.9 Å². The molecular weight excluding hydrogens is 326 g/mol. The van der Waals surface area contributed by atoms with Crippen molar-refractivity contribution < 1.29 is 14.3 Å². The van der Waals surface area contributed by atoms with Crippen molar-refractivity contribution in [1.29, 1.82) is 0 Å². The van der Waals surface area contributed by atoms with Gasteiger partial charge in [-0.15, -0.1) is 11.3 Å². The van der Waals surface area contributed by atoms with Crippen molar-refractivity contribution in [2.45, 2.75) is 6.61 Å². The summed E-state index contributed by atoms with van der Waals surface area (Å²) in [6.45, 7) is 0.445. The van der Waals surface area contributed by atoms with E-state index in [1.54, 1.807) is 6.07 Å². The third-order valence-electron chi connectivity index (χ3n) is 2.87. The Hall–Kier alpha value is -2.25. The van der Waals surface area contributed by atoms with Gasteiger partial charge in [-0.2, -0.15) is 0 Å². The second-order valence-corrected chi connectivity index (χ2v) is 6.18. The Bertz CT molecular complexity index is 815. The fraction of sp³-hybridized carbons (Fsp3) is 0.143. The van der Waals surface area contributed by atoms with E-state index in [-0.39, 0.29) is 0 Å². The molecule has 1 aromatic carbocycles. The van der Waals surface area contributed by atoms with Gasteiger partial charge in [0.25, 0.3) is 0 Å². The molecule has 0 aliphatic heterocycles. The highest BCUT2D eigenvalue weighted by Gasteiger charge is 2.08. The number of ether oxygens (including phenoxy) is 2. The molecule has 3 aromatic rings. The molecule has 2 heterocycles. The van der Waals surface area contributed by atoms with Gasteiger partial charge in [0.15, 0.2) is 0 Å². The van der Waals surface area contributed by atoms with E-state index < -0.39 is 6.09 Å². The first-order valence-electron chi connectivity index (χ1n) is 6.36. The predicted octanol–water partition coefficient (Wildman–Crippen LogP) is 4.04. The van der Waals surface area contributed by atoms with Crippen molar-refractivity contribution in [2.75, 3.05) is 12.4 Å². The fourth-order valence-corrected chi connectivity index (χ4v) is 2.87. The number of rotatable bonds is 4. The number of aromatic nitrogens is 2. The average Bonchev–Trinajstić information content (AvgIpc) is 3.09. The Morgan fingerprint density at radius 1 is 1.41 bits per heavy atom. The molecule has 3 rings (SSSR count). The SMILES string of the molecule is COC(=O)Nc1nc2cc(OCc3ccc(Cl)s3)ccc2[nH]1. The van der Waals surface area contributed by atoms with Crippen molar-refractivity contribution in [1.82, 2.24) is 9.97 Å². The molecule has 22 heavy (non-hydrogen) atoms. The standard InChI is InChI=1S/C14H12ClN3O3S/c1-20-14(19)18-13-16-10-4-2-8(6-11(10)17-13)21-7-9-3-5-12(15)22-9/h2-6H,7H2,1H3,(H2,16,17,18,19). The number of thiophene rings is 1. The van der Waals surface area contributed by atoms with Gasteiger partial charge >= 0.3 is 6.09 Å². The van der Waals surface area contributed by atoms with Crippen LogP contribution in [0.2, 0.25) is 4.34 Å². The average molecular weight is 338 g/mol. The summed E-state index contributed by atoms with van der Waals surface area (Å²) < 4.78 is 11.0. The van der Waals surface area contributed by atoms with Gasteiger partial charge in [0.2, 0.25) is 5.95 Å². The Labute approximate surface area is 135 Å². The van der Waals surface area contributed by atoms with Crippen molar-refractivity contribution in [3.8, 4) is 5.75 Å². The lowest BCUT2D eigenvalue weighted by molar-refractivity contribution is 0.186. The third-order valence-corrected chi connectivity index (χ3v) is 4.07. The zero-order valence-electron chi connectivity index (χ0n) is 11.6. The number of hydrogen-bond donors (Lipinski definition) is 2. The second kappa shape index (κ2) is 6.25. The minimum Gasteiger partial charge on any atom is -0.488 e. The molecule has 0 saturated carbocycles. The number of carbonyl (C=O) groups excluding carboxylic acids is 1. The quantitative estimate of drug-likeness (QED) is 0.753. The van der Waals surface area contributed by atoms with Crippen LogP contribution in [0, 0.1) is 0 Å². The Morgan fingerprint density at radius 3 is 3.00 bits per heavy atom. The summed E-state index contributed by atoms with van der Waals surface area (Å²) in [6.07, 6.45) is -0.579. The predicted molar refractivity (Wildman–Crippen MR) is 85.8 cm³/mol. The van der Waals surface area contributed by atoms with E-state index in [1.807, 2.05) is 24.3 Å². The largest absolute Gasteiger partial charge is 0.488 e. The van der Waals surface area contributed by atoms with Gasteiger partial charge in [-0.05, 0) is 24.3 Å². The zero-order valence-corrected chi connectivity index (χ0v) is 13.1. The minimum absolute atomic E-state index is 0.323. The van der Waals surface area contributed by atoms with Crippen molar-refractivity contribution >= 4 is 46.0 Å². The van der Waals surface area contributed by atoms with Crippen LogP contribution in [-0.2, 0) is 11.3 Å². The summed E-state index contributed by atoms with van der Waals surface area (Å²) in [5.41, 5.74) is 1.48. The zero-order chi connectivity index (χ0) is 15.5. The molecule has 2 N–H and O–H groups in total. The van der Waals surface area contributed by atoms with Crippen LogP contribution >= 0.6 is 22.9 Å². The van der Waals surface area contributed by atoms with E-state index in [9.17, 15) is 4.79 Å². The number of H-pyrrole nitrogens is 1. The maximum Gasteiger partial charge on any atom is 0.413 e. The van der Waals surface area contributed by atoms with Crippen LogP contribution < -0.4 is 10.1 Å². The van der Waals surface area contributed by atoms with Gasteiger partial charge < -0.3 is 14.5 Å². The van der Waals surface area contributed by atoms with Crippen LogP contribution in [0.15, 0.2) is 30.3 Å². The normalized spacial score (nSPS) is 10.6. The van der Waals surface area contributed by atoms with Gasteiger partial charge in [-0.3, -0.25) is 5.32 Å². The number of carbonyl (C=O) groups is 1. The monoisotopic (exact) mass is 337 g/mol. The number of nitrogens with one attached hydrogen (secondary N) is 2. The van der Waals surface area contributed by atoms with E-state index in [4.69, 9.17) is 16.3 Å². The molecule has 8 heteroatoms. The maximum absolute atomic E-state index is 11.2. The first kappa shape index (κ1) is 14.7. The smallest absolute Gasteiger partial charge is 0.413 e. The number of methoxy groups -OCH3 is 1. The van der Waals surface area contributed by atoms with Crippen LogP contribution in [0.4, 0.5) is 10.7 Å². The topological polar surface area (TPSA) is 76.2 Å². The summed E-state index contributed by atoms with van der Waals surface area (Å²) in [5, 5.41) is 2.48. The number of imidazole rings is 1. The minimum atomic E-state index is -0.579. The molecule has 2 aromatic heterocycles. The number of amides is 1. The molecule has 0 saturated heterocycles. The fourth-order valence-electron chi connectivity index (χ4n) is 1.87. The number of aromatic amines is 1. The number of halogens is 1. The molecule has 6 nitrogen and oxygen atoms in total. The molecule has 0 aliphatic rings. The Balaban J connectivity index is 1.73. The Morgan fingerprint density at radius 2 is 2.27 bits per heavy atom. The molecule has 0 unspecified atom stereocenters. The van der Waals surface area contributed by atoms with E-state index in [0.29, 0.717) is 23.8 Å². The molecule has 0 bridgehead atoms. The number of anilines is 1. The number of nitrogens with zero attached hydrogens (tertiary/aromatic N) is 1. The Kier molecular flexibility index (Phi) is 4.17. The second-order valence-electron chi connectivity index (χ2n) is 4.38. The molecule has 1 amide bonds. The molecule has 0 spiro atoms. The van der Waals surface area contributed by atoms with Crippen molar-refractivity contribution in [3.63, 3.8) is 0 Å². The van der Waals surface area contributed by atoms with E-state index in [2.05, 4.69) is 20.0 Å². The van der Waals surface area contributed by atoms with Crippen LogP contribution in [0.1, 0.15) is 4.88 Å². The lowest BCUT2D eigenvalue weighted by Crippen LogP contribution is -2.11. The van der Waals surface area contributed by atoms with E-state index in [0.717, 1.165) is 14.7 Å². The molecular formula is C14H12ClN3O3S. The van der Waals surface area contributed by atoms with Crippen molar-refractivity contribution in [2.24, 2.45) is 0 Å². The molecule has 0 fully saturated rings. The highest BCUT2D eigenvalue weighted by Crippen LogP contribution is 2.25. The van der Waals surface area contributed by atoms with Gasteiger partial charge in [-0.25, -0.2) is 9.78 Å². The van der Waals surface area contributed by atoms with E-state index in [1.165, 1.54) is 18.4 Å². The number of hydrogen-bond acceptors (Lipinski definition) is 5. The van der Waals surface area contributed by atoms with E-state index >= 15 is 0 Å². The van der Waals surface area contributed by atoms with Crippen molar-refractivity contribution in [3.05, 3.63) is 39.5 Å². The lowest BCUT2D eigenvalue weighted by atomic mass is 10.3. The first-order chi connectivity index (χ1) is 10.6. The number of benzene rings is 1. The molecule has 114 valence electrons. The number of fused-ring (bicyclic) bond motifs is 1. The highest BCUT2D eigenvalue weighted by molar-refractivity contribution is 7.16. The third kappa shape index (κ3) is 3.32. The van der Waals surface area contributed by atoms with Crippen LogP contribution in [-0.4, -0.2) is 23.2 Å². The maximum atomic E-state index is 11.2. The molecule has 0 aliphatic carbocycles. The van der Waals surface area contributed by atoms with Crippen LogP contribution in [0.25, 0.3) is 11.0 Å². The summed E-state index contributed by atoms with van der Waals surface area (Å²) in [6, 6.07) is 9.23. The van der Waals surface area contributed by atoms with Gasteiger partial charge in [-0.1, -0.05) is 11.6 Å². The highest BCUT2D eigenvalue weighted by atomic mass is 35.5. The summed E-state index contributed by atoms with van der Waals surface area (Å²) in [4.78, 5) is 19.4.